The zero-order valence-corrected chi connectivity index (χ0v) is 18.3. The number of nitrogens with one attached hydrogen (secondary N) is 1. The van der Waals surface area contributed by atoms with Crippen molar-refractivity contribution in [2.75, 3.05) is 25.5 Å². The first-order valence-corrected chi connectivity index (χ1v) is 11.4. The molecule has 0 unspecified atom stereocenters. The van der Waals surface area contributed by atoms with Gasteiger partial charge in [0, 0.05) is 24.7 Å². The molecule has 1 aliphatic rings. The van der Waals surface area contributed by atoms with Crippen LogP contribution in [0.3, 0.4) is 0 Å². The number of amides is 1. The molecule has 2 aromatic rings. The van der Waals surface area contributed by atoms with Crippen LogP contribution in [-0.2, 0) is 10.0 Å². The Balaban J connectivity index is 1.94. The van der Waals surface area contributed by atoms with E-state index >= 15 is 0 Å². The van der Waals surface area contributed by atoms with E-state index < -0.39 is 20.9 Å². The van der Waals surface area contributed by atoms with Crippen molar-refractivity contribution in [2.45, 2.75) is 37.5 Å². The van der Waals surface area contributed by atoms with Crippen LogP contribution < -0.4 is 10.1 Å². The van der Waals surface area contributed by atoms with Crippen molar-refractivity contribution in [1.29, 1.82) is 0 Å². The highest BCUT2D eigenvalue weighted by Gasteiger charge is 2.29. The molecule has 3 rings (SSSR count). The lowest BCUT2D eigenvalue weighted by molar-refractivity contribution is -0.385. The molecule has 0 spiro atoms. The third-order valence-electron chi connectivity index (χ3n) is 5.36. The molecule has 1 amide bonds. The summed E-state index contributed by atoms with van der Waals surface area (Å²) in [6, 6.07) is 8.58. The summed E-state index contributed by atoms with van der Waals surface area (Å²) in [7, 11) is -2.47. The van der Waals surface area contributed by atoms with Gasteiger partial charge in [-0.3, -0.25) is 14.9 Å². The lowest BCUT2D eigenvalue weighted by atomic mass is 10.1. The number of benzene rings is 2. The van der Waals surface area contributed by atoms with Gasteiger partial charge < -0.3 is 10.1 Å². The van der Waals surface area contributed by atoms with E-state index in [1.807, 2.05) is 0 Å². The Hall–Kier alpha value is -2.98. The van der Waals surface area contributed by atoms with E-state index in [0.717, 1.165) is 25.7 Å². The molecule has 0 saturated carbocycles. The van der Waals surface area contributed by atoms with Crippen molar-refractivity contribution in [1.82, 2.24) is 4.31 Å². The number of hydrogen-bond acceptors (Lipinski definition) is 6. The van der Waals surface area contributed by atoms with Crippen LogP contribution >= 0.6 is 0 Å². The Kier molecular flexibility index (Phi) is 6.91. The van der Waals surface area contributed by atoms with Gasteiger partial charge in [-0.05, 0) is 44.0 Å². The van der Waals surface area contributed by atoms with Crippen LogP contribution in [-0.4, -0.2) is 43.8 Å². The molecule has 1 heterocycles. The highest BCUT2D eigenvalue weighted by molar-refractivity contribution is 7.89. The Labute approximate surface area is 181 Å². The van der Waals surface area contributed by atoms with Crippen LogP contribution in [0, 0.1) is 17.0 Å². The Morgan fingerprint density at radius 2 is 1.81 bits per heavy atom. The van der Waals surface area contributed by atoms with Gasteiger partial charge in [-0.15, -0.1) is 0 Å². The number of hydrogen-bond donors (Lipinski definition) is 1. The van der Waals surface area contributed by atoms with E-state index in [1.165, 1.54) is 48.7 Å². The molecule has 10 heteroatoms. The number of methoxy groups -OCH3 is 1. The summed E-state index contributed by atoms with van der Waals surface area (Å²) in [5.74, 6) is -0.411. The van der Waals surface area contributed by atoms with Crippen molar-refractivity contribution < 1.29 is 22.9 Å². The number of carbonyl (C=O) groups is 1. The third kappa shape index (κ3) is 4.86. The van der Waals surface area contributed by atoms with Crippen molar-refractivity contribution in [3.05, 3.63) is 57.6 Å². The maximum atomic E-state index is 13.3. The molecule has 2 aromatic carbocycles. The van der Waals surface area contributed by atoms with Gasteiger partial charge >= 0.3 is 0 Å². The predicted molar refractivity (Wildman–Crippen MR) is 116 cm³/mol. The fourth-order valence-electron chi connectivity index (χ4n) is 3.59. The molecule has 0 bridgehead atoms. The first-order valence-electron chi connectivity index (χ1n) is 9.99. The van der Waals surface area contributed by atoms with Gasteiger partial charge in [0.15, 0.2) is 0 Å². The van der Waals surface area contributed by atoms with Crippen LogP contribution in [0.25, 0.3) is 0 Å². The van der Waals surface area contributed by atoms with Gasteiger partial charge in [0.1, 0.15) is 10.6 Å². The summed E-state index contributed by atoms with van der Waals surface area (Å²) in [6.07, 6.45) is 3.53. The number of rotatable bonds is 6. The van der Waals surface area contributed by atoms with Crippen LogP contribution in [0.5, 0.6) is 5.75 Å². The van der Waals surface area contributed by atoms with Crippen LogP contribution in [0.1, 0.15) is 41.6 Å². The number of anilines is 1. The highest BCUT2D eigenvalue weighted by Crippen LogP contribution is 2.30. The second-order valence-corrected chi connectivity index (χ2v) is 9.25. The van der Waals surface area contributed by atoms with Gasteiger partial charge in [-0.25, -0.2) is 8.42 Å². The Morgan fingerprint density at radius 3 is 2.42 bits per heavy atom. The molecular formula is C21H25N3O6S. The van der Waals surface area contributed by atoms with Gasteiger partial charge in [-0.1, -0.05) is 18.9 Å². The lowest BCUT2D eigenvalue weighted by Gasteiger charge is -2.21. The van der Waals surface area contributed by atoms with E-state index in [9.17, 15) is 23.3 Å². The van der Waals surface area contributed by atoms with Crippen molar-refractivity contribution >= 4 is 27.3 Å². The minimum absolute atomic E-state index is 0.0692. The Bertz CT molecular complexity index is 1090. The topological polar surface area (TPSA) is 119 Å². The zero-order valence-electron chi connectivity index (χ0n) is 17.5. The summed E-state index contributed by atoms with van der Waals surface area (Å²) in [5.41, 5.74) is 0.593. The number of ether oxygens (including phenoxy) is 1. The fraction of sp³-hybridized carbons (Fsp3) is 0.381. The van der Waals surface area contributed by atoms with Gasteiger partial charge in [0.2, 0.25) is 10.0 Å². The number of sulfonamides is 1. The monoisotopic (exact) mass is 447 g/mol. The summed E-state index contributed by atoms with van der Waals surface area (Å²) >= 11 is 0. The number of nitro benzene ring substituents is 1. The minimum atomic E-state index is -3.84. The van der Waals surface area contributed by atoms with Gasteiger partial charge in [0.05, 0.1) is 23.3 Å². The van der Waals surface area contributed by atoms with Crippen LogP contribution in [0.4, 0.5) is 11.4 Å². The first kappa shape index (κ1) is 22.7. The van der Waals surface area contributed by atoms with Crippen molar-refractivity contribution in [3.63, 3.8) is 0 Å². The second kappa shape index (κ2) is 9.44. The maximum Gasteiger partial charge on any atom is 0.274 e. The quantitative estimate of drug-likeness (QED) is 0.532. The molecule has 1 fully saturated rings. The summed E-state index contributed by atoms with van der Waals surface area (Å²) in [4.78, 5) is 23.4. The molecule has 166 valence electrons. The molecule has 1 saturated heterocycles. The summed E-state index contributed by atoms with van der Waals surface area (Å²) < 4.78 is 33.2. The van der Waals surface area contributed by atoms with E-state index in [1.54, 1.807) is 6.07 Å². The molecule has 0 atom stereocenters. The smallest absolute Gasteiger partial charge is 0.274 e. The normalized spacial score (nSPS) is 15.2. The summed E-state index contributed by atoms with van der Waals surface area (Å²) in [6.45, 7) is 2.39. The Morgan fingerprint density at radius 1 is 1.13 bits per heavy atom. The molecular weight excluding hydrogens is 422 g/mol. The fourth-order valence-corrected chi connectivity index (χ4v) is 5.29. The average Bonchev–Trinajstić information content (AvgIpc) is 3.04. The zero-order chi connectivity index (χ0) is 22.6. The highest BCUT2D eigenvalue weighted by atomic mass is 32.2. The minimum Gasteiger partial charge on any atom is -0.495 e. The van der Waals surface area contributed by atoms with E-state index in [-0.39, 0.29) is 27.6 Å². The predicted octanol–water partition coefficient (Wildman–Crippen LogP) is 3.73. The molecule has 9 nitrogen and oxygen atoms in total. The lowest BCUT2D eigenvalue weighted by Crippen LogP contribution is -2.32. The van der Waals surface area contributed by atoms with Crippen molar-refractivity contribution in [2.24, 2.45) is 0 Å². The molecule has 1 N–H and O–H groups in total. The number of nitrogens with zero attached hydrogens (tertiary/aromatic N) is 2. The SMILES string of the molecule is COc1ccc(C(=O)Nc2cccc([N+](=O)[O-])c2C)cc1S(=O)(=O)N1CCCCCC1. The van der Waals surface area contributed by atoms with Crippen LogP contribution in [0.15, 0.2) is 41.3 Å². The van der Waals surface area contributed by atoms with Gasteiger partial charge in [-0.2, -0.15) is 4.31 Å². The molecule has 0 aliphatic carbocycles. The molecule has 1 aliphatic heterocycles. The second-order valence-electron chi connectivity index (χ2n) is 7.34. The summed E-state index contributed by atoms with van der Waals surface area (Å²) in [5, 5.41) is 13.8. The standard InChI is InChI=1S/C21H25N3O6S/c1-15-17(8-7-9-18(15)24(26)27)22-21(25)16-10-11-19(30-2)20(14-16)31(28,29)23-12-5-3-4-6-13-23/h7-11,14H,3-6,12-13H2,1-2H3,(H,22,25). The largest absolute Gasteiger partial charge is 0.495 e. The van der Waals surface area contributed by atoms with E-state index in [0.29, 0.717) is 18.7 Å². The maximum absolute atomic E-state index is 13.3. The molecule has 0 aromatic heterocycles. The molecule has 31 heavy (non-hydrogen) atoms. The van der Waals surface area contributed by atoms with Crippen molar-refractivity contribution in [3.8, 4) is 5.75 Å². The third-order valence-corrected chi connectivity index (χ3v) is 7.28. The van der Waals surface area contributed by atoms with Crippen LogP contribution in [0.2, 0.25) is 0 Å². The number of nitro groups is 1. The van der Waals surface area contributed by atoms with E-state index in [4.69, 9.17) is 4.74 Å². The first-order chi connectivity index (χ1) is 14.8. The molecule has 0 radical (unpaired) electrons. The average molecular weight is 448 g/mol. The number of carbonyl (C=O) groups excluding carboxylic acids is 1. The van der Waals surface area contributed by atoms with E-state index in [2.05, 4.69) is 5.32 Å². The van der Waals surface area contributed by atoms with Gasteiger partial charge in [0.25, 0.3) is 11.6 Å².